The number of rotatable bonds is 3. The highest BCUT2D eigenvalue weighted by molar-refractivity contribution is 5.87. The first-order valence-corrected chi connectivity index (χ1v) is 11.2. The molecule has 3 aliphatic carbocycles. The molecule has 7 unspecified atom stereocenters. The molecular formula is C25H40O4. The quantitative estimate of drug-likeness (QED) is 0.403. The van der Waals surface area contributed by atoms with E-state index in [1.54, 1.807) is 26.0 Å². The van der Waals surface area contributed by atoms with E-state index in [1.807, 2.05) is 6.92 Å². The summed E-state index contributed by atoms with van der Waals surface area (Å²) in [5.41, 5.74) is -1.17. The first-order chi connectivity index (χ1) is 13.3. The molecule has 0 heterocycles. The third-order valence-electron chi connectivity index (χ3n) is 8.90. The second-order valence-corrected chi connectivity index (χ2v) is 11.2. The highest BCUT2D eigenvalue weighted by Gasteiger charge is 2.68. The summed E-state index contributed by atoms with van der Waals surface area (Å²) >= 11 is 0. The average molecular weight is 405 g/mol. The Morgan fingerprint density at radius 2 is 1.83 bits per heavy atom. The molecule has 3 fully saturated rings. The highest BCUT2D eigenvalue weighted by Crippen LogP contribution is 2.66. The van der Waals surface area contributed by atoms with E-state index in [4.69, 9.17) is 4.74 Å². The zero-order chi connectivity index (χ0) is 21.8. The summed E-state index contributed by atoms with van der Waals surface area (Å²) in [6, 6.07) is 0. The number of aliphatic hydroxyl groups is 2. The van der Waals surface area contributed by atoms with E-state index < -0.39 is 29.2 Å². The van der Waals surface area contributed by atoms with Gasteiger partial charge in [0.1, 0.15) is 12.2 Å². The SMILES string of the molecule is C=CC1(C)CC2(O)CCC3C(C)(C)CCCC3(C)C2C(OC(=O)C(C)=CC)C1O. The van der Waals surface area contributed by atoms with Crippen molar-refractivity contribution in [1.82, 2.24) is 0 Å². The fourth-order valence-corrected chi connectivity index (χ4v) is 7.28. The number of carbonyl (C=O) groups is 1. The van der Waals surface area contributed by atoms with E-state index in [9.17, 15) is 15.0 Å². The Labute approximate surface area is 176 Å². The fraction of sp³-hybridized carbons (Fsp3) is 0.800. The lowest BCUT2D eigenvalue weighted by Crippen LogP contribution is -2.70. The molecule has 0 aromatic heterocycles. The van der Waals surface area contributed by atoms with Crippen LogP contribution in [0.1, 0.15) is 80.1 Å². The summed E-state index contributed by atoms with van der Waals surface area (Å²) in [6.07, 6.45) is 7.17. The van der Waals surface area contributed by atoms with Gasteiger partial charge in [0.2, 0.25) is 0 Å². The van der Waals surface area contributed by atoms with Crippen molar-refractivity contribution in [2.75, 3.05) is 0 Å². The number of fused-ring (bicyclic) bond motifs is 3. The van der Waals surface area contributed by atoms with Crippen LogP contribution in [-0.2, 0) is 9.53 Å². The Morgan fingerprint density at radius 3 is 2.41 bits per heavy atom. The Bertz CT molecular complexity index is 710. The fourth-order valence-electron chi connectivity index (χ4n) is 7.28. The average Bonchev–Trinajstić information content (AvgIpc) is 2.63. The molecule has 3 rings (SSSR count). The molecular weight excluding hydrogens is 364 g/mol. The van der Waals surface area contributed by atoms with Crippen molar-refractivity contribution in [3.8, 4) is 0 Å². The normalized spacial score (nSPS) is 47.0. The van der Waals surface area contributed by atoms with E-state index in [0.29, 0.717) is 24.3 Å². The topological polar surface area (TPSA) is 66.8 Å². The van der Waals surface area contributed by atoms with Crippen molar-refractivity contribution >= 4 is 5.97 Å². The van der Waals surface area contributed by atoms with E-state index in [1.165, 1.54) is 6.42 Å². The van der Waals surface area contributed by atoms with E-state index in [2.05, 4.69) is 27.4 Å². The summed E-state index contributed by atoms with van der Waals surface area (Å²) in [4.78, 5) is 12.7. The lowest BCUT2D eigenvalue weighted by atomic mass is 9.41. The van der Waals surface area contributed by atoms with Gasteiger partial charge in [-0.15, -0.1) is 6.58 Å². The van der Waals surface area contributed by atoms with Crippen molar-refractivity contribution in [3.63, 3.8) is 0 Å². The number of esters is 1. The predicted octanol–water partition coefficient (Wildman–Crippen LogP) is 4.80. The van der Waals surface area contributed by atoms with Crippen molar-refractivity contribution in [2.24, 2.45) is 28.1 Å². The molecule has 0 aliphatic heterocycles. The van der Waals surface area contributed by atoms with E-state index >= 15 is 0 Å². The second-order valence-electron chi connectivity index (χ2n) is 11.2. The van der Waals surface area contributed by atoms with Crippen LogP contribution in [0.2, 0.25) is 0 Å². The Morgan fingerprint density at radius 1 is 1.17 bits per heavy atom. The molecule has 0 amide bonds. The molecule has 7 atom stereocenters. The van der Waals surface area contributed by atoms with Crippen molar-refractivity contribution in [2.45, 2.75) is 97.9 Å². The maximum absolute atomic E-state index is 12.7. The highest BCUT2D eigenvalue weighted by atomic mass is 16.6. The molecule has 0 radical (unpaired) electrons. The number of ether oxygens (including phenoxy) is 1. The second kappa shape index (κ2) is 7.23. The zero-order valence-corrected chi connectivity index (χ0v) is 19.1. The summed E-state index contributed by atoms with van der Waals surface area (Å²) < 4.78 is 6.01. The van der Waals surface area contributed by atoms with Crippen LogP contribution in [0.3, 0.4) is 0 Å². The van der Waals surface area contributed by atoms with Crippen molar-refractivity contribution in [1.29, 1.82) is 0 Å². The van der Waals surface area contributed by atoms with Gasteiger partial charge in [0, 0.05) is 16.9 Å². The van der Waals surface area contributed by atoms with Crippen LogP contribution in [-0.4, -0.2) is 34.0 Å². The number of hydrogen-bond donors (Lipinski definition) is 2. The smallest absolute Gasteiger partial charge is 0.333 e. The molecule has 0 saturated heterocycles. The molecule has 4 nitrogen and oxygen atoms in total. The van der Waals surface area contributed by atoms with Gasteiger partial charge in [-0.3, -0.25) is 0 Å². The minimum Gasteiger partial charge on any atom is -0.456 e. The Hall–Kier alpha value is -1.13. The van der Waals surface area contributed by atoms with Crippen LogP contribution in [0.15, 0.2) is 24.3 Å². The van der Waals surface area contributed by atoms with Gasteiger partial charge in [-0.05, 0) is 62.7 Å². The molecule has 4 heteroatoms. The number of hydrogen-bond acceptors (Lipinski definition) is 4. The van der Waals surface area contributed by atoms with Gasteiger partial charge in [-0.2, -0.15) is 0 Å². The van der Waals surface area contributed by atoms with E-state index in [-0.39, 0.29) is 16.7 Å². The standard InChI is InChI=1S/C25H40O4/c1-8-16(3)21(27)29-18-19-24(7)13-10-12-22(4,5)17(24)11-14-25(19,28)15-23(6,9-2)20(18)26/h8-9,17-20,26,28H,2,10-15H2,1,3-7H3. The van der Waals surface area contributed by atoms with Crippen molar-refractivity contribution in [3.05, 3.63) is 24.3 Å². The molecule has 0 aromatic carbocycles. The third-order valence-corrected chi connectivity index (χ3v) is 8.90. The number of allylic oxidation sites excluding steroid dienone is 1. The first-order valence-electron chi connectivity index (χ1n) is 11.2. The Kier molecular flexibility index (Phi) is 5.62. The zero-order valence-electron chi connectivity index (χ0n) is 19.1. The van der Waals surface area contributed by atoms with Crippen LogP contribution >= 0.6 is 0 Å². The minimum atomic E-state index is -0.977. The summed E-state index contributed by atoms with van der Waals surface area (Å²) in [5, 5.41) is 23.4. The third kappa shape index (κ3) is 3.40. The van der Waals surface area contributed by atoms with Gasteiger partial charge >= 0.3 is 5.97 Å². The maximum Gasteiger partial charge on any atom is 0.333 e. The van der Waals surface area contributed by atoms with Crippen LogP contribution in [0.5, 0.6) is 0 Å². The van der Waals surface area contributed by atoms with Crippen LogP contribution in [0, 0.1) is 28.1 Å². The van der Waals surface area contributed by atoms with Crippen LogP contribution in [0.4, 0.5) is 0 Å². The lowest BCUT2D eigenvalue weighted by Gasteiger charge is -2.66. The van der Waals surface area contributed by atoms with Gasteiger partial charge < -0.3 is 14.9 Å². The molecule has 164 valence electrons. The summed E-state index contributed by atoms with van der Waals surface area (Å²) in [7, 11) is 0. The van der Waals surface area contributed by atoms with Gasteiger partial charge in [0.15, 0.2) is 0 Å². The molecule has 0 aromatic rings. The van der Waals surface area contributed by atoms with Gasteiger partial charge in [0.05, 0.1) is 5.60 Å². The molecule has 3 saturated carbocycles. The molecule has 3 aliphatic rings. The summed E-state index contributed by atoms with van der Waals surface area (Å²) in [5.74, 6) is -0.267. The maximum atomic E-state index is 12.7. The van der Waals surface area contributed by atoms with Gasteiger partial charge in [-0.25, -0.2) is 4.79 Å². The largest absolute Gasteiger partial charge is 0.456 e. The summed E-state index contributed by atoms with van der Waals surface area (Å²) in [6.45, 7) is 16.3. The monoisotopic (exact) mass is 404 g/mol. The van der Waals surface area contributed by atoms with Crippen LogP contribution < -0.4 is 0 Å². The van der Waals surface area contributed by atoms with Crippen molar-refractivity contribution < 1.29 is 19.7 Å². The number of carbonyl (C=O) groups excluding carboxylic acids is 1. The Balaban J connectivity index is 2.11. The molecule has 29 heavy (non-hydrogen) atoms. The molecule has 2 N–H and O–H groups in total. The molecule has 0 spiro atoms. The van der Waals surface area contributed by atoms with Gasteiger partial charge in [0.25, 0.3) is 0 Å². The van der Waals surface area contributed by atoms with Crippen LogP contribution in [0.25, 0.3) is 0 Å². The van der Waals surface area contributed by atoms with E-state index in [0.717, 1.165) is 19.3 Å². The lowest BCUT2D eigenvalue weighted by molar-refractivity contribution is -0.269. The number of aliphatic hydroxyl groups excluding tert-OH is 1. The molecule has 0 bridgehead atoms. The van der Waals surface area contributed by atoms with Gasteiger partial charge in [-0.1, -0.05) is 46.3 Å². The predicted molar refractivity (Wildman–Crippen MR) is 115 cm³/mol. The first kappa shape index (κ1) is 22.6. The minimum absolute atomic E-state index is 0.173.